The molecule has 0 aromatic carbocycles. The minimum absolute atomic E-state index is 0.0369. The molecular formula is C20H21ClN4O3S2. The van der Waals surface area contributed by atoms with Crippen molar-refractivity contribution in [2.75, 3.05) is 13.1 Å². The molecule has 1 saturated heterocycles. The Hall–Kier alpha value is -2.23. The van der Waals surface area contributed by atoms with E-state index in [4.69, 9.17) is 11.6 Å². The molecule has 0 bridgehead atoms. The van der Waals surface area contributed by atoms with Crippen LogP contribution in [0.5, 0.6) is 0 Å². The van der Waals surface area contributed by atoms with Crippen LogP contribution in [0.3, 0.4) is 0 Å². The van der Waals surface area contributed by atoms with Crippen LogP contribution in [0.15, 0.2) is 34.0 Å². The van der Waals surface area contributed by atoms with E-state index in [1.807, 2.05) is 19.2 Å². The number of nitrogens with one attached hydrogen (secondary N) is 1. The topological polar surface area (TPSA) is 84.3 Å². The van der Waals surface area contributed by atoms with Gasteiger partial charge in [-0.05, 0) is 37.8 Å². The van der Waals surface area contributed by atoms with Gasteiger partial charge in [-0.15, -0.1) is 22.7 Å². The summed E-state index contributed by atoms with van der Waals surface area (Å²) in [5, 5.41) is 7.70. The molecule has 1 N–H and O–H groups in total. The smallest absolute Gasteiger partial charge is 0.262 e. The van der Waals surface area contributed by atoms with Gasteiger partial charge in [-0.1, -0.05) is 11.6 Å². The van der Waals surface area contributed by atoms with Gasteiger partial charge >= 0.3 is 0 Å². The van der Waals surface area contributed by atoms with E-state index in [0.29, 0.717) is 33.2 Å². The Morgan fingerprint density at radius 3 is 2.90 bits per heavy atom. The third kappa shape index (κ3) is 4.14. The van der Waals surface area contributed by atoms with Crippen LogP contribution in [0.2, 0.25) is 5.02 Å². The summed E-state index contributed by atoms with van der Waals surface area (Å²) in [6.45, 7) is 5.02. The van der Waals surface area contributed by atoms with Crippen molar-refractivity contribution >= 4 is 56.3 Å². The second-order valence-corrected chi connectivity index (χ2v) is 10.2. The number of fused-ring (bicyclic) bond motifs is 1. The number of nitrogens with zero attached hydrogens (tertiary/aromatic N) is 3. The Morgan fingerprint density at radius 2 is 2.17 bits per heavy atom. The summed E-state index contributed by atoms with van der Waals surface area (Å²) < 4.78 is 1.36. The van der Waals surface area contributed by atoms with E-state index in [0.717, 1.165) is 6.42 Å². The normalized spacial score (nSPS) is 16.9. The molecule has 3 aromatic rings. The second-order valence-electron chi connectivity index (χ2n) is 7.95. The highest BCUT2D eigenvalue weighted by Crippen LogP contribution is 2.29. The van der Waals surface area contributed by atoms with E-state index in [1.165, 1.54) is 33.6 Å². The molecule has 1 unspecified atom stereocenters. The van der Waals surface area contributed by atoms with Crippen molar-refractivity contribution in [2.45, 2.75) is 32.4 Å². The summed E-state index contributed by atoms with van der Waals surface area (Å²) in [6.07, 6.45) is 2.21. The summed E-state index contributed by atoms with van der Waals surface area (Å²) in [4.78, 5) is 45.1. The average Bonchev–Trinajstić information content (AvgIpc) is 3.43. The van der Waals surface area contributed by atoms with Crippen molar-refractivity contribution in [3.05, 3.63) is 49.5 Å². The maximum Gasteiger partial charge on any atom is 0.262 e. The Labute approximate surface area is 186 Å². The van der Waals surface area contributed by atoms with Gasteiger partial charge in [-0.3, -0.25) is 19.0 Å². The van der Waals surface area contributed by atoms with E-state index in [1.54, 1.807) is 22.4 Å². The zero-order valence-corrected chi connectivity index (χ0v) is 18.9. The standard InChI is InChI=1S/C20H21ClN4O3S2/c1-20(2,23-17(27)15-7-13(21)10-30-15)12-3-5-24(8-12)16(26)9-25-11-22-18-14(19(25)28)4-6-29-18/h4,6-7,10-12H,3,5,8-9H2,1-2H3,(H,23,27). The maximum atomic E-state index is 12.8. The van der Waals surface area contributed by atoms with E-state index in [2.05, 4.69) is 10.3 Å². The van der Waals surface area contributed by atoms with Crippen LogP contribution < -0.4 is 10.9 Å². The number of carbonyl (C=O) groups excluding carboxylic acids is 2. The first-order chi connectivity index (χ1) is 14.2. The van der Waals surface area contributed by atoms with Gasteiger partial charge in [0, 0.05) is 29.9 Å². The molecule has 0 radical (unpaired) electrons. The second kappa shape index (κ2) is 8.13. The Bertz CT molecular complexity index is 1170. The number of aromatic nitrogens is 2. The molecule has 1 atom stereocenters. The molecule has 1 aliphatic rings. The number of halogens is 1. The van der Waals surface area contributed by atoms with E-state index < -0.39 is 5.54 Å². The highest BCUT2D eigenvalue weighted by Gasteiger charge is 2.38. The van der Waals surface area contributed by atoms with Crippen LogP contribution in [-0.2, 0) is 11.3 Å². The number of rotatable bonds is 5. The molecule has 0 aliphatic carbocycles. The van der Waals surface area contributed by atoms with Gasteiger partial charge in [0.15, 0.2) is 0 Å². The van der Waals surface area contributed by atoms with Crippen LogP contribution in [0, 0.1) is 5.92 Å². The predicted molar refractivity (Wildman–Crippen MR) is 119 cm³/mol. The molecular weight excluding hydrogens is 444 g/mol. The summed E-state index contributed by atoms with van der Waals surface area (Å²) in [6, 6.07) is 3.38. The number of thiophene rings is 2. The molecule has 4 rings (SSSR count). The largest absolute Gasteiger partial charge is 0.346 e. The fourth-order valence-electron chi connectivity index (χ4n) is 3.72. The summed E-state index contributed by atoms with van der Waals surface area (Å²) >= 11 is 8.62. The van der Waals surface area contributed by atoms with E-state index in [-0.39, 0.29) is 29.8 Å². The first-order valence-electron chi connectivity index (χ1n) is 9.51. The quantitative estimate of drug-likeness (QED) is 0.628. The summed E-state index contributed by atoms with van der Waals surface area (Å²) in [5.41, 5.74) is -0.691. The van der Waals surface area contributed by atoms with Crippen molar-refractivity contribution in [2.24, 2.45) is 5.92 Å². The lowest BCUT2D eigenvalue weighted by molar-refractivity contribution is -0.131. The number of carbonyl (C=O) groups is 2. The first kappa shape index (κ1) is 21.0. The van der Waals surface area contributed by atoms with Gasteiger partial charge < -0.3 is 10.2 Å². The summed E-state index contributed by atoms with van der Waals surface area (Å²) in [5.74, 6) is -0.179. The molecule has 4 heterocycles. The van der Waals surface area contributed by atoms with Crippen LogP contribution in [0.4, 0.5) is 0 Å². The maximum absolute atomic E-state index is 12.8. The molecule has 2 amide bonds. The zero-order chi connectivity index (χ0) is 21.5. The Kier molecular flexibility index (Phi) is 5.69. The van der Waals surface area contributed by atoms with Crippen molar-refractivity contribution in [1.82, 2.24) is 19.8 Å². The first-order valence-corrected chi connectivity index (χ1v) is 11.7. The molecule has 30 heavy (non-hydrogen) atoms. The average molecular weight is 465 g/mol. The lowest BCUT2D eigenvalue weighted by Crippen LogP contribution is -2.50. The SMILES string of the molecule is CC(C)(NC(=O)c1cc(Cl)cs1)C1CCN(C(=O)Cn2cnc3sccc3c2=O)C1. The van der Waals surface area contributed by atoms with Gasteiger partial charge in [0.1, 0.15) is 11.4 Å². The Morgan fingerprint density at radius 1 is 1.37 bits per heavy atom. The minimum Gasteiger partial charge on any atom is -0.346 e. The van der Waals surface area contributed by atoms with E-state index in [9.17, 15) is 14.4 Å². The molecule has 0 spiro atoms. The van der Waals surface area contributed by atoms with E-state index >= 15 is 0 Å². The van der Waals surface area contributed by atoms with Crippen LogP contribution in [0.25, 0.3) is 10.2 Å². The molecule has 158 valence electrons. The van der Waals surface area contributed by atoms with Crippen molar-refractivity contribution in [3.8, 4) is 0 Å². The van der Waals surface area contributed by atoms with Crippen LogP contribution in [0.1, 0.15) is 29.9 Å². The van der Waals surface area contributed by atoms with Crippen molar-refractivity contribution in [1.29, 1.82) is 0 Å². The number of hydrogen-bond acceptors (Lipinski definition) is 6. The Balaban J connectivity index is 1.40. The minimum atomic E-state index is -0.490. The number of likely N-dealkylation sites (tertiary alicyclic amines) is 1. The van der Waals surface area contributed by atoms with Crippen LogP contribution in [-0.4, -0.2) is 44.9 Å². The number of amides is 2. The number of hydrogen-bond donors (Lipinski definition) is 1. The lowest BCUT2D eigenvalue weighted by Gasteiger charge is -2.32. The molecule has 3 aromatic heterocycles. The molecule has 1 fully saturated rings. The zero-order valence-electron chi connectivity index (χ0n) is 16.6. The van der Waals surface area contributed by atoms with Gasteiger partial charge in [0.2, 0.25) is 5.91 Å². The van der Waals surface area contributed by atoms with Gasteiger partial charge in [0.05, 0.1) is 21.6 Å². The monoisotopic (exact) mass is 464 g/mol. The van der Waals surface area contributed by atoms with Gasteiger partial charge in [0.25, 0.3) is 11.5 Å². The van der Waals surface area contributed by atoms with Gasteiger partial charge in [-0.2, -0.15) is 0 Å². The predicted octanol–water partition coefficient (Wildman–Crippen LogP) is 3.23. The summed E-state index contributed by atoms with van der Waals surface area (Å²) in [7, 11) is 0. The van der Waals surface area contributed by atoms with Gasteiger partial charge in [-0.25, -0.2) is 4.98 Å². The third-order valence-corrected chi connectivity index (χ3v) is 7.64. The highest BCUT2D eigenvalue weighted by molar-refractivity contribution is 7.16. The lowest BCUT2D eigenvalue weighted by atomic mass is 9.86. The van der Waals surface area contributed by atoms with Crippen molar-refractivity contribution in [3.63, 3.8) is 0 Å². The van der Waals surface area contributed by atoms with Crippen LogP contribution >= 0.6 is 34.3 Å². The molecule has 10 heteroatoms. The third-order valence-electron chi connectivity index (χ3n) is 5.54. The fourth-order valence-corrected chi connectivity index (χ4v) is 5.41. The highest BCUT2D eigenvalue weighted by atomic mass is 35.5. The van der Waals surface area contributed by atoms with Crippen molar-refractivity contribution < 1.29 is 9.59 Å². The fraction of sp³-hybridized carbons (Fsp3) is 0.400. The molecule has 7 nitrogen and oxygen atoms in total. The molecule has 0 saturated carbocycles. The molecule has 1 aliphatic heterocycles.